The van der Waals surface area contributed by atoms with Crippen LogP contribution in [-0.2, 0) is 4.74 Å². The Balaban J connectivity index is 1.67. The average Bonchev–Trinajstić information content (AvgIpc) is 2.71. The van der Waals surface area contributed by atoms with Crippen LogP contribution in [0.5, 0.6) is 0 Å². The molecule has 1 aromatic rings. The third-order valence-electron chi connectivity index (χ3n) is 3.93. The zero-order valence-electron chi connectivity index (χ0n) is 10.7. The minimum absolute atomic E-state index is 0.249. The van der Waals surface area contributed by atoms with Gasteiger partial charge < -0.3 is 10.5 Å². The second kappa shape index (κ2) is 5.15. The molecule has 2 aliphatic heterocycles. The van der Waals surface area contributed by atoms with Gasteiger partial charge in [0.05, 0.1) is 12.2 Å². The highest BCUT2D eigenvalue weighted by Gasteiger charge is 2.34. The normalized spacial score (nSPS) is 28.6. The van der Waals surface area contributed by atoms with E-state index in [1.54, 1.807) is 0 Å². The highest BCUT2D eigenvalue weighted by Crippen LogP contribution is 2.27. The van der Waals surface area contributed by atoms with E-state index in [4.69, 9.17) is 10.5 Å². The quantitative estimate of drug-likeness (QED) is 0.909. The van der Waals surface area contributed by atoms with E-state index >= 15 is 0 Å². The Morgan fingerprint density at radius 1 is 1.26 bits per heavy atom. The first kappa shape index (κ1) is 13.0. The van der Waals surface area contributed by atoms with Gasteiger partial charge in [0, 0.05) is 31.2 Å². The lowest BCUT2D eigenvalue weighted by Crippen LogP contribution is -2.45. The van der Waals surface area contributed by atoms with Gasteiger partial charge in [0.1, 0.15) is 11.6 Å². The minimum Gasteiger partial charge on any atom is -0.372 e. The molecular formula is C14H18F2N2O. The predicted octanol–water partition coefficient (Wildman–Crippen LogP) is 1.83. The molecule has 0 aliphatic carbocycles. The molecule has 3 unspecified atom stereocenters. The molecule has 2 saturated heterocycles. The lowest BCUT2D eigenvalue weighted by atomic mass is 10.1. The fraction of sp³-hybridized carbons (Fsp3) is 0.571. The number of fused-ring (bicyclic) bond motifs is 2. The standard InChI is InChI=1S/C14H18F2N2O/c15-9-1-4-13(16)12(5-9)14(17)8-18-6-10-2-3-11(7-18)19-10/h1,4-5,10-11,14H,2-3,6-8,17H2. The van der Waals surface area contributed by atoms with Gasteiger partial charge in [-0.15, -0.1) is 0 Å². The molecule has 2 bridgehead atoms. The van der Waals surface area contributed by atoms with Crippen LogP contribution in [0.25, 0.3) is 0 Å². The van der Waals surface area contributed by atoms with Gasteiger partial charge in [-0.2, -0.15) is 0 Å². The lowest BCUT2D eigenvalue weighted by Gasteiger charge is -2.33. The fourth-order valence-corrected chi connectivity index (χ4v) is 3.02. The second-order valence-corrected chi connectivity index (χ2v) is 5.45. The number of benzene rings is 1. The Morgan fingerprint density at radius 3 is 2.63 bits per heavy atom. The molecule has 0 aromatic heterocycles. The van der Waals surface area contributed by atoms with Crippen molar-refractivity contribution in [3.8, 4) is 0 Å². The number of hydrogen-bond donors (Lipinski definition) is 1. The molecule has 2 fully saturated rings. The van der Waals surface area contributed by atoms with Crippen LogP contribution in [0.1, 0.15) is 24.4 Å². The molecule has 2 N–H and O–H groups in total. The number of nitrogens with zero attached hydrogens (tertiary/aromatic N) is 1. The highest BCUT2D eigenvalue weighted by atomic mass is 19.1. The molecule has 2 aliphatic rings. The molecule has 1 aromatic carbocycles. The van der Waals surface area contributed by atoms with Crippen LogP contribution in [0.3, 0.4) is 0 Å². The number of hydrogen-bond acceptors (Lipinski definition) is 3. The lowest BCUT2D eigenvalue weighted by molar-refractivity contribution is -0.0398. The Morgan fingerprint density at radius 2 is 1.95 bits per heavy atom. The maximum atomic E-state index is 13.7. The number of likely N-dealkylation sites (tertiary alicyclic amines) is 1. The van der Waals surface area contributed by atoms with Crippen LogP contribution in [-0.4, -0.2) is 36.7 Å². The van der Waals surface area contributed by atoms with Crippen molar-refractivity contribution in [2.45, 2.75) is 31.1 Å². The van der Waals surface area contributed by atoms with Crippen molar-refractivity contribution in [2.75, 3.05) is 19.6 Å². The van der Waals surface area contributed by atoms with Crippen LogP contribution in [0.4, 0.5) is 8.78 Å². The minimum atomic E-state index is -0.506. The average molecular weight is 268 g/mol. The van der Waals surface area contributed by atoms with Crippen molar-refractivity contribution in [3.05, 3.63) is 35.4 Å². The Kier molecular flexibility index (Phi) is 3.52. The van der Waals surface area contributed by atoms with E-state index in [9.17, 15) is 8.78 Å². The van der Waals surface area contributed by atoms with Crippen LogP contribution in [0.15, 0.2) is 18.2 Å². The molecule has 19 heavy (non-hydrogen) atoms. The van der Waals surface area contributed by atoms with Gasteiger partial charge in [0.15, 0.2) is 0 Å². The zero-order valence-corrected chi connectivity index (χ0v) is 10.7. The number of rotatable bonds is 3. The van der Waals surface area contributed by atoms with Gasteiger partial charge in [-0.1, -0.05) is 0 Å². The van der Waals surface area contributed by atoms with Gasteiger partial charge in [-0.25, -0.2) is 8.78 Å². The molecule has 3 rings (SSSR count). The van der Waals surface area contributed by atoms with E-state index in [-0.39, 0.29) is 17.8 Å². The number of nitrogens with two attached hydrogens (primary N) is 1. The molecule has 3 nitrogen and oxygen atoms in total. The fourth-order valence-electron chi connectivity index (χ4n) is 3.02. The number of morpholine rings is 1. The molecule has 5 heteroatoms. The van der Waals surface area contributed by atoms with Gasteiger partial charge >= 0.3 is 0 Å². The maximum Gasteiger partial charge on any atom is 0.128 e. The zero-order chi connectivity index (χ0) is 13.4. The maximum absolute atomic E-state index is 13.7. The summed E-state index contributed by atoms with van der Waals surface area (Å²) in [5.74, 6) is -0.890. The van der Waals surface area contributed by atoms with Crippen molar-refractivity contribution < 1.29 is 13.5 Å². The monoisotopic (exact) mass is 268 g/mol. The van der Waals surface area contributed by atoms with Crippen molar-refractivity contribution >= 4 is 0 Å². The van der Waals surface area contributed by atoms with E-state index in [0.717, 1.165) is 38.1 Å². The molecule has 2 heterocycles. The Labute approximate surface area is 111 Å². The van der Waals surface area contributed by atoms with E-state index in [2.05, 4.69) is 4.90 Å². The summed E-state index contributed by atoms with van der Waals surface area (Å²) in [7, 11) is 0. The topological polar surface area (TPSA) is 38.5 Å². The predicted molar refractivity (Wildman–Crippen MR) is 67.6 cm³/mol. The summed E-state index contributed by atoms with van der Waals surface area (Å²) in [5.41, 5.74) is 6.27. The summed E-state index contributed by atoms with van der Waals surface area (Å²) in [6.45, 7) is 2.21. The summed E-state index contributed by atoms with van der Waals surface area (Å²) in [4.78, 5) is 2.20. The summed E-state index contributed by atoms with van der Waals surface area (Å²) in [6.07, 6.45) is 2.74. The van der Waals surface area contributed by atoms with Crippen molar-refractivity contribution in [3.63, 3.8) is 0 Å². The number of ether oxygens (including phenoxy) is 1. The van der Waals surface area contributed by atoms with Crippen LogP contribution >= 0.6 is 0 Å². The third kappa shape index (κ3) is 2.78. The van der Waals surface area contributed by atoms with Gasteiger partial charge in [0.25, 0.3) is 0 Å². The van der Waals surface area contributed by atoms with Gasteiger partial charge in [-0.05, 0) is 31.0 Å². The van der Waals surface area contributed by atoms with Crippen LogP contribution < -0.4 is 5.73 Å². The molecule has 0 radical (unpaired) electrons. The summed E-state index contributed by atoms with van der Waals surface area (Å²) in [5, 5.41) is 0. The molecule has 104 valence electrons. The van der Waals surface area contributed by atoms with Crippen LogP contribution in [0, 0.1) is 11.6 Å². The Hall–Kier alpha value is -1.04. The van der Waals surface area contributed by atoms with E-state index in [0.29, 0.717) is 6.54 Å². The molecule has 0 saturated carbocycles. The SMILES string of the molecule is NC(CN1CC2CCC(C1)O2)c1cc(F)ccc1F. The van der Waals surface area contributed by atoms with Gasteiger partial charge in [-0.3, -0.25) is 4.90 Å². The molecule has 0 amide bonds. The van der Waals surface area contributed by atoms with E-state index in [1.165, 1.54) is 6.07 Å². The summed E-state index contributed by atoms with van der Waals surface area (Å²) in [6, 6.07) is 2.93. The van der Waals surface area contributed by atoms with Gasteiger partial charge in [0.2, 0.25) is 0 Å². The van der Waals surface area contributed by atoms with Crippen LogP contribution in [0.2, 0.25) is 0 Å². The summed E-state index contributed by atoms with van der Waals surface area (Å²) >= 11 is 0. The third-order valence-corrected chi connectivity index (χ3v) is 3.93. The smallest absolute Gasteiger partial charge is 0.128 e. The molecular weight excluding hydrogens is 250 g/mol. The second-order valence-electron chi connectivity index (χ2n) is 5.45. The Bertz CT molecular complexity index is 457. The first-order valence-electron chi connectivity index (χ1n) is 6.70. The first-order chi connectivity index (χ1) is 9.11. The van der Waals surface area contributed by atoms with Crippen molar-refractivity contribution in [1.29, 1.82) is 0 Å². The van der Waals surface area contributed by atoms with Crippen molar-refractivity contribution in [1.82, 2.24) is 4.90 Å². The largest absolute Gasteiger partial charge is 0.372 e. The van der Waals surface area contributed by atoms with Crippen molar-refractivity contribution in [2.24, 2.45) is 5.73 Å². The van der Waals surface area contributed by atoms with E-state index in [1.807, 2.05) is 0 Å². The number of halogens is 2. The highest BCUT2D eigenvalue weighted by molar-refractivity contribution is 5.22. The molecule has 0 spiro atoms. The van der Waals surface area contributed by atoms with E-state index < -0.39 is 17.7 Å². The molecule has 3 atom stereocenters. The summed E-state index contributed by atoms with van der Waals surface area (Å²) < 4.78 is 32.6. The first-order valence-corrected chi connectivity index (χ1v) is 6.70.